The van der Waals surface area contributed by atoms with Gasteiger partial charge in [0.1, 0.15) is 5.69 Å². The summed E-state index contributed by atoms with van der Waals surface area (Å²) in [5, 5.41) is 16.5. The Labute approximate surface area is 85.0 Å². The Bertz CT molecular complexity index is 442. The normalized spacial score (nSPS) is 9.07. The van der Waals surface area contributed by atoms with Crippen LogP contribution in [0.1, 0.15) is 10.5 Å². The van der Waals surface area contributed by atoms with E-state index in [9.17, 15) is 4.79 Å². The van der Waals surface area contributed by atoms with Gasteiger partial charge in [0.2, 0.25) is 0 Å². The first-order valence-corrected chi connectivity index (χ1v) is 4.08. The fraction of sp³-hybridized carbons (Fsp3) is 0. The molecule has 0 aliphatic heterocycles. The van der Waals surface area contributed by atoms with Crippen LogP contribution in [0.4, 0.5) is 0 Å². The molecule has 1 aromatic heterocycles. The van der Waals surface area contributed by atoms with Crippen LogP contribution in [0.5, 0.6) is 0 Å². The van der Waals surface area contributed by atoms with E-state index in [0.717, 1.165) is 10.9 Å². The fourth-order valence-electron chi connectivity index (χ4n) is 1.19. The zero-order valence-corrected chi connectivity index (χ0v) is 7.68. The van der Waals surface area contributed by atoms with Gasteiger partial charge in [-0.3, -0.25) is 4.79 Å². The van der Waals surface area contributed by atoms with Crippen molar-refractivity contribution in [3.8, 4) is 0 Å². The molecule has 0 atom stereocenters. The lowest BCUT2D eigenvalue weighted by atomic mass is 10.2. The molecular formula is C10H9NO4. The molecule has 0 fully saturated rings. The van der Waals surface area contributed by atoms with Crippen LogP contribution < -0.4 is 0 Å². The number of aromatic amines is 1. The van der Waals surface area contributed by atoms with Gasteiger partial charge in [0.05, 0.1) is 0 Å². The standard InChI is InChI=1S/C9H7NO2.CH2O2/c11-9(12)8-5-6-3-1-2-4-7(6)10-8;2-1-3/h1-5,10H,(H,11,12);1H,(H,2,3). The van der Waals surface area contributed by atoms with Gasteiger partial charge in [-0.15, -0.1) is 0 Å². The molecule has 0 aliphatic carbocycles. The Morgan fingerprint density at radius 3 is 2.47 bits per heavy atom. The molecule has 0 aliphatic rings. The van der Waals surface area contributed by atoms with Crippen molar-refractivity contribution in [2.24, 2.45) is 0 Å². The van der Waals surface area contributed by atoms with Crippen LogP contribution in [0.2, 0.25) is 0 Å². The molecule has 3 N–H and O–H groups in total. The maximum atomic E-state index is 10.5. The summed E-state index contributed by atoms with van der Waals surface area (Å²) >= 11 is 0. The second-order valence-corrected chi connectivity index (χ2v) is 2.68. The van der Waals surface area contributed by atoms with Crippen molar-refractivity contribution in [3.63, 3.8) is 0 Å². The zero-order valence-electron chi connectivity index (χ0n) is 7.68. The van der Waals surface area contributed by atoms with Gasteiger partial charge in [0, 0.05) is 10.9 Å². The summed E-state index contributed by atoms with van der Waals surface area (Å²) in [6.45, 7) is -0.250. The number of H-pyrrole nitrogens is 1. The third kappa shape index (κ3) is 2.57. The maximum absolute atomic E-state index is 10.5. The predicted molar refractivity (Wildman–Crippen MR) is 54.0 cm³/mol. The largest absolute Gasteiger partial charge is 0.483 e. The van der Waals surface area contributed by atoms with E-state index in [2.05, 4.69) is 4.98 Å². The molecule has 78 valence electrons. The number of aromatic nitrogens is 1. The molecule has 0 spiro atoms. The molecule has 2 rings (SSSR count). The summed E-state index contributed by atoms with van der Waals surface area (Å²) in [7, 11) is 0. The van der Waals surface area contributed by atoms with Crippen LogP contribution >= 0.6 is 0 Å². The number of carboxylic acids is 1. The summed E-state index contributed by atoms with van der Waals surface area (Å²) in [6, 6.07) is 9.09. The second kappa shape index (κ2) is 4.80. The molecule has 0 radical (unpaired) electrons. The SMILES string of the molecule is O=C(O)c1cc2ccccc2[nH]1.O=CO. The van der Waals surface area contributed by atoms with Crippen LogP contribution in [0.15, 0.2) is 30.3 Å². The molecule has 0 unspecified atom stereocenters. The van der Waals surface area contributed by atoms with Crippen LogP contribution in [-0.4, -0.2) is 27.6 Å². The topological polar surface area (TPSA) is 90.4 Å². The monoisotopic (exact) mass is 207 g/mol. The lowest BCUT2D eigenvalue weighted by molar-refractivity contribution is -0.122. The number of carboxylic acid groups (broad SMARTS) is 2. The van der Waals surface area contributed by atoms with Gasteiger partial charge < -0.3 is 15.2 Å². The molecule has 5 nitrogen and oxygen atoms in total. The minimum Gasteiger partial charge on any atom is -0.483 e. The first-order valence-electron chi connectivity index (χ1n) is 4.08. The van der Waals surface area contributed by atoms with Gasteiger partial charge in [-0.25, -0.2) is 4.79 Å². The van der Waals surface area contributed by atoms with Gasteiger partial charge >= 0.3 is 5.97 Å². The number of rotatable bonds is 1. The number of hydrogen-bond donors (Lipinski definition) is 3. The van der Waals surface area contributed by atoms with Crippen molar-refractivity contribution < 1.29 is 19.8 Å². The molecule has 0 saturated heterocycles. The van der Waals surface area contributed by atoms with Crippen molar-refractivity contribution in [2.45, 2.75) is 0 Å². The van der Waals surface area contributed by atoms with E-state index in [1.165, 1.54) is 0 Å². The summed E-state index contributed by atoms with van der Waals surface area (Å²) in [5.74, 6) is -0.925. The Morgan fingerprint density at radius 2 is 1.93 bits per heavy atom. The lowest BCUT2D eigenvalue weighted by Crippen LogP contribution is -1.94. The van der Waals surface area contributed by atoms with E-state index >= 15 is 0 Å². The molecule has 15 heavy (non-hydrogen) atoms. The Hall–Kier alpha value is -2.30. The number of benzene rings is 1. The van der Waals surface area contributed by atoms with Gasteiger partial charge in [-0.05, 0) is 12.1 Å². The minimum atomic E-state index is -0.925. The first-order chi connectivity index (χ1) is 7.19. The van der Waals surface area contributed by atoms with Gasteiger partial charge in [-0.2, -0.15) is 0 Å². The first kappa shape index (κ1) is 10.8. The number of hydrogen-bond acceptors (Lipinski definition) is 2. The zero-order chi connectivity index (χ0) is 11.3. The highest BCUT2D eigenvalue weighted by molar-refractivity contribution is 5.93. The smallest absolute Gasteiger partial charge is 0.352 e. The fourth-order valence-corrected chi connectivity index (χ4v) is 1.19. The van der Waals surface area contributed by atoms with Crippen molar-refractivity contribution >= 4 is 23.3 Å². The third-order valence-electron chi connectivity index (χ3n) is 1.76. The lowest BCUT2D eigenvalue weighted by Gasteiger charge is -1.84. The average molecular weight is 207 g/mol. The van der Waals surface area contributed by atoms with Gasteiger partial charge in [-0.1, -0.05) is 18.2 Å². The molecule has 1 aromatic carbocycles. The molecular weight excluding hydrogens is 198 g/mol. The van der Waals surface area contributed by atoms with Crippen molar-refractivity contribution in [1.82, 2.24) is 4.98 Å². The van der Waals surface area contributed by atoms with Gasteiger partial charge in [0.15, 0.2) is 0 Å². The van der Waals surface area contributed by atoms with Crippen LogP contribution in [0.25, 0.3) is 10.9 Å². The molecule has 0 bridgehead atoms. The van der Waals surface area contributed by atoms with E-state index < -0.39 is 5.97 Å². The van der Waals surface area contributed by atoms with Crippen LogP contribution in [-0.2, 0) is 4.79 Å². The maximum Gasteiger partial charge on any atom is 0.352 e. The second-order valence-electron chi connectivity index (χ2n) is 2.68. The number of fused-ring (bicyclic) bond motifs is 1. The highest BCUT2D eigenvalue weighted by atomic mass is 16.4. The predicted octanol–water partition coefficient (Wildman–Crippen LogP) is 1.57. The Morgan fingerprint density at radius 1 is 1.33 bits per heavy atom. The highest BCUT2D eigenvalue weighted by Gasteiger charge is 2.05. The summed E-state index contributed by atoms with van der Waals surface area (Å²) in [4.78, 5) is 21.7. The Kier molecular flexibility index (Phi) is 3.45. The molecule has 2 aromatic rings. The molecule has 1 heterocycles. The van der Waals surface area contributed by atoms with Crippen LogP contribution in [0, 0.1) is 0 Å². The average Bonchev–Trinajstić information content (AvgIpc) is 2.62. The number of nitrogens with one attached hydrogen (secondary N) is 1. The van der Waals surface area contributed by atoms with E-state index in [0.29, 0.717) is 0 Å². The van der Waals surface area contributed by atoms with Crippen molar-refractivity contribution in [2.75, 3.05) is 0 Å². The highest BCUT2D eigenvalue weighted by Crippen LogP contribution is 2.13. The van der Waals surface area contributed by atoms with E-state index in [4.69, 9.17) is 15.0 Å². The van der Waals surface area contributed by atoms with Gasteiger partial charge in [0.25, 0.3) is 6.47 Å². The van der Waals surface area contributed by atoms with Crippen molar-refractivity contribution in [1.29, 1.82) is 0 Å². The summed E-state index contributed by atoms with van der Waals surface area (Å²) < 4.78 is 0. The minimum absolute atomic E-state index is 0.233. The van der Waals surface area contributed by atoms with E-state index in [1.807, 2.05) is 24.3 Å². The van der Waals surface area contributed by atoms with E-state index in [1.54, 1.807) is 6.07 Å². The summed E-state index contributed by atoms with van der Waals surface area (Å²) in [5.41, 5.74) is 1.09. The van der Waals surface area contributed by atoms with Crippen molar-refractivity contribution in [3.05, 3.63) is 36.0 Å². The number of para-hydroxylation sites is 1. The molecule has 0 saturated carbocycles. The molecule has 0 amide bonds. The number of aromatic carboxylic acids is 1. The Balaban J connectivity index is 0.000000337. The third-order valence-corrected chi connectivity index (χ3v) is 1.76. The molecule has 5 heteroatoms. The van der Waals surface area contributed by atoms with E-state index in [-0.39, 0.29) is 12.2 Å². The number of carbonyl (C=O) groups is 2. The van der Waals surface area contributed by atoms with Crippen LogP contribution in [0.3, 0.4) is 0 Å². The quantitative estimate of drug-likeness (QED) is 0.619. The summed E-state index contributed by atoms with van der Waals surface area (Å²) in [6.07, 6.45) is 0.